The van der Waals surface area contributed by atoms with Crippen LogP contribution >= 0.6 is 11.6 Å². The molecule has 0 radical (unpaired) electrons. The van der Waals surface area contributed by atoms with Crippen molar-refractivity contribution in [1.29, 1.82) is 0 Å². The molecule has 0 saturated carbocycles. The molecule has 7 heteroatoms. The second kappa shape index (κ2) is 10.4. The third-order valence-electron chi connectivity index (χ3n) is 5.80. The molecule has 2 heterocycles. The van der Waals surface area contributed by atoms with E-state index in [-0.39, 0.29) is 12.0 Å². The molecule has 30 heavy (non-hydrogen) atoms. The van der Waals surface area contributed by atoms with E-state index in [2.05, 4.69) is 5.32 Å². The monoisotopic (exact) mass is 431 g/mol. The number of nitrogens with one attached hydrogen (secondary N) is 1. The second-order valence-electron chi connectivity index (χ2n) is 8.04. The Labute approximate surface area is 182 Å². The minimum absolute atomic E-state index is 0.0972. The van der Waals surface area contributed by atoms with Gasteiger partial charge in [0, 0.05) is 36.0 Å². The number of amides is 1. The first-order chi connectivity index (χ1) is 14.7. The minimum atomic E-state index is -0.0972. The van der Waals surface area contributed by atoms with Gasteiger partial charge in [-0.15, -0.1) is 0 Å². The Morgan fingerprint density at radius 1 is 1.20 bits per heavy atom. The number of carbonyl (C=O) groups is 1. The van der Waals surface area contributed by atoms with Gasteiger partial charge in [0.25, 0.3) is 5.91 Å². The lowest BCUT2D eigenvalue weighted by atomic mass is 10.1. The van der Waals surface area contributed by atoms with Gasteiger partial charge in [-0.2, -0.15) is 5.10 Å². The van der Waals surface area contributed by atoms with Crippen LogP contribution in [0.2, 0.25) is 5.02 Å². The van der Waals surface area contributed by atoms with Gasteiger partial charge in [0.15, 0.2) is 5.69 Å². The summed E-state index contributed by atoms with van der Waals surface area (Å²) in [6.07, 6.45) is 8.45. The van der Waals surface area contributed by atoms with Crippen molar-refractivity contribution in [2.24, 2.45) is 0 Å². The summed E-state index contributed by atoms with van der Waals surface area (Å²) in [6.45, 7) is 2.69. The number of ether oxygens (including phenoxy) is 2. The van der Waals surface area contributed by atoms with Gasteiger partial charge >= 0.3 is 0 Å². The van der Waals surface area contributed by atoms with Crippen LogP contribution in [0.3, 0.4) is 0 Å². The topological polar surface area (TPSA) is 65.4 Å². The van der Waals surface area contributed by atoms with Crippen LogP contribution in [0.4, 0.5) is 0 Å². The Hall–Kier alpha value is -1.89. The summed E-state index contributed by atoms with van der Waals surface area (Å²) >= 11 is 6.04. The molecule has 1 aliphatic heterocycles. The van der Waals surface area contributed by atoms with Crippen LogP contribution in [0.15, 0.2) is 24.3 Å². The van der Waals surface area contributed by atoms with Crippen LogP contribution in [-0.2, 0) is 22.3 Å². The Kier molecular flexibility index (Phi) is 7.42. The number of rotatable bonds is 8. The third-order valence-corrected chi connectivity index (χ3v) is 6.05. The number of benzene rings is 1. The molecule has 4 rings (SSSR count). The van der Waals surface area contributed by atoms with Gasteiger partial charge in [0.05, 0.1) is 18.4 Å². The van der Waals surface area contributed by atoms with Gasteiger partial charge in [0.1, 0.15) is 0 Å². The molecule has 1 saturated heterocycles. The Morgan fingerprint density at radius 2 is 2.03 bits per heavy atom. The summed E-state index contributed by atoms with van der Waals surface area (Å²) < 4.78 is 13.2. The van der Waals surface area contributed by atoms with Gasteiger partial charge in [-0.1, -0.05) is 18.0 Å². The number of fused-ring (bicyclic) bond motifs is 1. The summed E-state index contributed by atoms with van der Waals surface area (Å²) in [5.41, 5.74) is 3.75. The van der Waals surface area contributed by atoms with Crippen LogP contribution < -0.4 is 5.32 Å². The van der Waals surface area contributed by atoms with E-state index < -0.39 is 0 Å². The predicted octanol–water partition coefficient (Wildman–Crippen LogP) is 4.11. The third kappa shape index (κ3) is 5.23. The van der Waals surface area contributed by atoms with Crippen molar-refractivity contribution in [2.75, 3.05) is 26.4 Å². The SMILES string of the molecule is O=C(NCCCOCC1CCCO1)c1nn(-c2ccc(Cl)cc2)c2c1CCCCC2. The Bertz CT molecular complexity index is 844. The zero-order valence-electron chi connectivity index (χ0n) is 17.4. The molecule has 162 valence electrons. The summed E-state index contributed by atoms with van der Waals surface area (Å²) in [5, 5.41) is 8.43. The molecular weight excluding hydrogens is 402 g/mol. The molecular formula is C23H30ClN3O3. The van der Waals surface area contributed by atoms with Gasteiger partial charge in [-0.05, 0) is 69.2 Å². The Morgan fingerprint density at radius 3 is 2.83 bits per heavy atom. The molecule has 1 aromatic carbocycles. The van der Waals surface area contributed by atoms with Crippen molar-refractivity contribution in [1.82, 2.24) is 15.1 Å². The van der Waals surface area contributed by atoms with E-state index in [4.69, 9.17) is 26.2 Å². The number of hydrogen-bond donors (Lipinski definition) is 1. The molecule has 0 spiro atoms. The quantitative estimate of drug-likeness (QED) is 0.504. The summed E-state index contributed by atoms with van der Waals surface area (Å²) in [4.78, 5) is 12.9. The normalized spacial score (nSPS) is 18.8. The van der Waals surface area contributed by atoms with Crippen LogP contribution in [0.25, 0.3) is 5.69 Å². The van der Waals surface area contributed by atoms with E-state index in [1.807, 2.05) is 28.9 Å². The number of hydrogen-bond acceptors (Lipinski definition) is 4. The molecule has 1 atom stereocenters. The van der Waals surface area contributed by atoms with Gasteiger partial charge < -0.3 is 14.8 Å². The lowest BCUT2D eigenvalue weighted by Gasteiger charge is -2.10. The van der Waals surface area contributed by atoms with Crippen molar-refractivity contribution in [3.05, 3.63) is 46.2 Å². The highest BCUT2D eigenvalue weighted by atomic mass is 35.5. The average molecular weight is 432 g/mol. The molecule has 1 fully saturated rings. The van der Waals surface area contributed by atoms with E-state index in [0.717, 1.165) is 68.5 Å². The number of nitrogens with zero attached hydrogens (tertiary/aromatic N) is 2. The summed E-state index contributed by atoms with van der Waals surface area (Å²) in [7, 11) is 0. The maximum atomic E-state index is 12.9. The van der Waals surface area contributed by atoms with Crippen molar-refractivity contribution < 1.29 is 14.3 Å². The van der Waals surface area contributed by atoms with E-state index in [9.17, 15) is 4.79 Å². The van der Waals surface area contributed by atoms with E-state index in [1.54, 1.807) is 0 Å². The zero-order valence-corrected chi connectivity index (χ0v) is 18.1. The van der Waals surface area contributed by atoms with Crippen molar-refractivity contribution in [2.45, 2.75) is 57.5 Å². The standard InChI is InChI=1S/C23H30ClN3O3/c24-17-9-11-18(12-10-17)27-21-8-3-1-2-7-20(21)22(26-27)23(28)25-13-5-14-29-16-19-6-4-15-30-19/h9-12,19H,1-8,13-16H2,(H,25,28). The number of aromatic nitrogens is 2. The van der Waals surface area contributed by atoms with Crippen LogP contribution in [0.5, 0.6) is 0 Å². The van der Waals surface area contributed by atoms with Crippen molar-refractivity contribution in [3.63, 3.8) is 0 Å². The minimum Gasteiger partial charge on any atom is -0.379 e. The fraction of sp³-hybridized carbons (Fsp3) is 0.565. The van der Waals surface area contributed by atoms with E-state index in [0.29, 0.717) is 30.5 Å². The highest BCUT2D eigenvalue weighted by Crippen LogP contribution is 2.27. The molecule has 1 amide bonds. The molecule has 1 aliphatic carbocycles. The first-order valence-electron chi connectivity index (χ1n) is 11.1. The Balaban J connectivity index is 1.37. The van der Waals surface area contributed by atoms with Gasteiger partial charge in [0.2, 0.25) is 0 Å². The van der Waals surface area contributed by atoms with Crippen LogP contribution in [0.1, 0.15) is 60.3 Å². The van der Waals surface area contributed by atoms with Crippen molar-refractivity contribution in [3.8, 4) is 5.69 Å². The predicted molar refractivity (Wildman–Crippen MR) is 117 cm³/mol. The molecule has 2 aliphatic rings. The lowest BCUT2D eigenvalue weighted by Crippen LogP contribution is -2.27. The van der Waals surface area contributed by atoms with E-state index in [1.165, 1.54) is 6.42 Å². The molecule has 1 unspecified atom stereocenters. The first-order valence-corrected chi connectivity index (χ1v) is 11.4. The molecule has 1 aromatic heterocycles. The maximum absolute atomic E-state index is 12.9. The van der Waals surface area contributed by atoms with Gasteiger partial charge in [-0.25, -0.2) is 4.68 Å². The zero-order chi connectivity index (χ0) is 20.8. The number of carbonyl (C=O) groups excluding carboxylic acids is 1. The fourth-order valence-corrected chi connectivity index (χ4v) is 4.33. The molecule has 0 bridgehead atoms. The molecule has 6 nitrogen and oxygen atoms in total. The highest BCUT2D eigenvalue weighted by Gasteiger charge is 2.24. The van der Waals surface area contributed by atoms with Gasteiger partial charge in [-0.3, -0.25) is 4.79 Å². The summed E-state index contributed by atoms with van der Waals surface area (Å²) in [6, 6.07) is 7.62. The van der Waals surface area contributed by atoms with Crippen molar-refractivity contribution >= 4 is 17.5 Å². The largest absolute Gasteiger partial charge is 0.379 e. The highest BCUT2D eigenvalue weighted by molar-refractivity contribution is 6.30. The van der Waals surface area contributed by atoms with Crippen LogP contribution in [-0.4, -0.2) is 48.2 Å². The fourth-order valence-electron chi connectivity index (χ4n) is 4.20. The average Bonchev–Trinajstić information content (AvgIpc) is 3.33. The summed E-state index contributed by atoms with van der Waals surface area (Å²) in [5.74, 6) is -0.0972. The van der Waals surface area contributed by atoms with E-state index >= 15 is 0 Å². The smallest absolute Gasteiger partial charge is 0.272 e. The molecule has 1 N–H and O–H groups in total. The lowest BCUT2D eigenvalue weighted by molar-refractivity contribution is 0.0166. The maximum Gasteiger partial charge on any atom is 0.272 e. The second-order valence-corrected chi connectivity index (χ2v) is 8.48. The van der Waals surface area contributed by atoms with Crippen LogP contribution in [0, 0.1) is 0 Å². The number of halogens is 1. The first kappa shape index (κ1) is 21.3. The molecule has 2 aromatic rings.